The van der Waals surface area contributed by atoms with Crippen LogP contribution in [0.3, 0.4) is 0 Å². The lowest BCUT2D eigenvalue weighted by Gasteiger charge is -2.42. The second-order valence-electron chi connectivity index (χ2n) is 3.93. The largest absolute Gasteiger partial charge is 0.481 e. The summed E-state index contributed by atoms with van der Waals surface area (Å²) in [5.41, 5.74) is 0. The third-order valence-electron chi connectivity index (χ3n) is 2.64. The van der Waals surface area contributed by atoms with Gasteiger partial charge in [0, 0.05) is 25.7 Å². The second-order valence-corrected chi connectivity index (χ2v) is 3.93. The molecule has 1 atom stereocenters. The van der Waals surface area contributed by atoms with E-state index in [-0.39, 0.29) is 0 Å². The van der Waals surface area contributed by atoms with Crippen LogP contribution in [0.15, 0.2) is 0 Å². The zero-order valence-electron chi connectivity index (χ0n) is 8.90. The molecule has 0 aromatic rings. The number of carboxylic acid groups (broad SMARTS) is 1. The molecule has 1 rings (SSSR count). The zero-order chi connectivity index (χ0) is 10.6. The summed E-state index contributed by atoms with van der Waals surface area (Å²) >= 11 is 0. The van der Waals surface area contributed by atoms with Crippen molar-refractivity contribution in [1.29, 1.82) is 0 Å². The Hall–Kier alpha value is -0.610. The first kappa shape index (κ1) is 11.5. The van der Waals surface area contributed by atoms with Crippen molar-refractivity contribution in [3.05, 3.63) is 0 Å². The Balaban J connectivity index is 2.10. The van der Waals surface area contributed by atoms with Crippen LogP contribution < -0.4 is 0 Å². The lowest BCUT2D eigenvalue weighted by molar-refractivity contribution is -0.140. The Morgan fingerprint density at radius 2 is 2.29 bits per heavy atom. The summed E-state index contributed by atoms with van der Waals surface area (Å²) in [4.78, 5) is 12.7. The molecule has 0 aromatic heterocycles. The van der Waals surface area contributed by atoms with Crippen LogP contribution in [-0.4, -0.2) is 48.3 Å². The van der Waals surface area contributed by atoms with E-state index in [2.05, 4.69) is 11.8 Å². The Morgan fingerprint density at radius 3 is 2.79 bits per heavy atom. The van der Waals surface area contributed by atoms with E-state index in [1.54, 1.807) is 0 Å². The summed E-state index contributed by atoms with van der Waals surface area (Å²) in [6.07, 6.45) is 0.303. The summed E-state index contributed by atoms with van der Waals surface area (Å²) < 4.78 is 5.31. The lowest BCUT2D eigenvalue weighted by Crippen LogP contribution is -2.53. The molecular weight excluding hydrogens is 182 g/mol. The first-order valence-corrected chi connectivity index (χ1v) is 5.17. The molecule has 0 aliphatic carbocycles. The van der Waals surface area contributed by atoms with Crippen LogP contribution in [0, 0.1) is 5.92 Å². The van der Waals surface area contributed by atoms with Gasteiger partial charge in [0.25, 0.3) is 0 Å². The highest BCUT2D eigenvalue weighted by Crippen LogP contribution is 2.21. The number of ether oxygens (including phenoxy) is 1. The summed E-state index contributed by atoms with van der Waals surface area (Å²) in [5, 5.41) is 8.57. The van der Waals surface area contributed by atoms with Crippen molar-refractivity contribution in [1.82, 2.24) is 4.90 Å². The fourth-order valence-electron chi connectivity index (χ4n) is 1.74. The van der Waals surface area contributed by atoms with Crippen molar-refractivity contribution >= 4 is 5.97 Å². The maximum atomic E-state index is 10.4. The number of aliphatic carboxylic acids is 1. The third-order valence-corrected chi connectivity index (χ3v) is 2.64. The van der Waals surface area contributed by atoms with E-state index in [0.29, 0.717) is 18.4 Å². The normalized spacial score (nSPS) is 20.4. The molecular formula is C10H19NO3. The topological polar surface area (TPSA) is 49.8 Å². The van der Waals surface area contributed by atoms with Gasteiger partial charge in [-0.25, -0.2) is 0 Å². The Morgan fingerprint density at radius 1 is 1.64 bits per heavy atom. The molecule has 1 aliphatic rings. The SMILES string of the molecule is CCOCC(C)N1CC(CC(=O)O)C1. The van der Waals surface area contributed by atoms with Gasteiger partial charge in [-0.2, -0.15) is 0 Å². The first-order chi connectivity index (χ1) is 6.63. The van der Waals surface area contributed by atoms with Gasteiger partial charge in [0.2, 0.25) is 0 Å². The minimum atomic E-state index is -0.688. The molecule has 0 bridgehead atoms. The van der Waals surface area contributed by atoms with E-state index >= 15 is 0 Å². The molecule has 0 spiro atoms. The molecule has 4 nitrogen and oxygen atoms in total. The third kappa shape index (κ3) is 3.27. The molecule has 1 unspecified atom stereocenters. The smallest absolute Gasteiger partial charge is 0.303 e. The molecule has 1 saturated heterocycles. The van der Waals surface area contributed by atoms with Crippen LogP contribution in [0.5, 0.6) is 0 Å². The van der Waals surface area contributed by atoms with Gasteiger partial charge in [-0.1, -0.05) is 0 Å². The standard InChI is InChI=1S/C10H19NO3/c1-3-14-7-8(2)11-5-9(6-11)4-10(12)13/h8-9H,3-7H2,1-2H3,(H,12,13). The van der Waals surface area contributed by atoms with Crippen LogP contribution >= 0.6 is 0 Å². The molecule has 1 fully saturated rings. The van der Waals surface area contributed by atoms with Gasteiger partial charge in [0.1, 0.15) is 0 Å². The summed E-state index contributed by atoms with van der Waals surface area (Å²) in [7, 11) is 0. The first-order valence-electron chi connectivity index (χ1n) is 5.17. The minimum Gasteiger partial charge on any atom is -0.481 e. The number of likely N-dealkylation sites (tertiary alicyclic amines) is 1. The zero-order valence-corrected chi connectivity index (χ0v) is 8.90. The summed E-state index contributed by atoms with van der Waals surface area (Å²) in [5.74, 6) is -0.344. The van der Waals surface area contributed by atoms with Gasteiger partial charge < -0.3 is 9.84 Å². The van der Waals surface area contributed by atoms with Gasteiger partial charge in [-0.3, -0.25) is 9.69 Å². The number of nitrogens with zero attached hydrogens (tertiary/aromatic N) is 1. The van der Waals surface area contributed by atoms with Crippen LogP contribution in [0.2, 0.25) is 0 Å². The number of hydrogen-bond donors (Lipinski definition) is 1. The van der Waals surface area contributed by atoms with Crippen molar-refractivity contribution in [2.75, 3.05) is 26.3 Å². The summed E-state index contributed by atoms with van der Waals surface area (Å²) in [6.45, 7) is 7.40. The predicted molar refractivity (Wildman–Crippen MR) is 53.3 cm³/mol. The van der Waals surface area contributed by atoms with Gasteiger partial charge in [-0.05, 0) is 19.8 Å². The quantitative estimate of drug-likeness (QED) is 0.691. The van der Waals surface area contributed by atoms with Crippen molar-refractivity contribution in [2.24, 2.45) is 5.92 Å². The van der Waals surface area contributed by atoms with E-state index in [1.165, 1.54) is 0 Å². The number of carbonyl (C=O) groups is 1. The molecule has 14 heavy (non-hydrogen) atoms. The lowest BCUT2D eigenvalue weighted by atomic mass is 9.95. The van der Waals surface area contributed by atoms with E-state index in [0.717, 1.165) is 26.3 Å². The van der Waals surface area contributed by atoms with E-state index in [9.17, 15) is 4.79 Å². The van der Waals surface area contributed by atoms with Gasteiger partial charge in [0.05, 0.1) is 13.0 Å². The van der Waals surface area contributed by atoms with E-state index in [4.69, 9.17) is 9.84 Å². The Labute approximate surface area is 84.8 Å². The van der Waals surface area contributed by atoms with Gasteiger partial charge >= 0.3 is 5.97 Å². The van der Waals surface area contributed by atoms with E-state index in [1.807, 2.05) is 6.92 Å². The minimum absolute atomic E-state index is 0.303. The second kappa shape index (κ2) is 5.32. The maximum absolute atomic E-state index is 10.4. The van der Waals surface area contributed by atoms with E-state index < -0.39 is 5.97 Å². The van der Waals surface area contributed by atoms with Crippen LogP contribution in [0.1, 0.15) is 20.3 Å². The number of carboxylic acids is 1. The van der Waals surface area contributed by atoms with Crippen LogP contribution in [-0.2, 0) is 9.53 Å². The van der Waals surface area contributed by atoms with Crippen molar-refractivity contribution in [3.63, 3.8) is 0 Å². The summed E-state index contributed by atoms with van der Waals surface area (Å²) in [6, 6.07) is 0.417. The maximum Gasteiger partial charge on any atom is 0.303 e. The van der Waals surface area contributed by atoms with Crippen molar-refractivity contribution < 1.29 is 14.6 Å². The van der Waals surface area contributed by atoms with Crippen molar-refractivity contribution in [2.45, 2.75) is 26.3 Å². The Kier molecular flexibility index (Phi) is 4.35. The molecule has 4 heteroatoms. The number of hydrogen-bond acceptors (Lipinski definition) is 3. The molecule has 1 aliphatic heterocycles. The number of rotatable bonds is 6. The molecule has 0 saturated carbocycles. The molecule has 0 radical (unpaired) electrons. The molecule has 0 aromatic carbocycles. The average molecular weight is 201 g/mol. The highest BCUT2D eigenvalue weighted by Gasteiger charge is 2.31. The molecule has 0 amide bonds. The average Bonchev–Trinajstić information content (AvgIpc) is 2.06. The highest BCUT2D eigenvalue weighted by molar-refractivity contribution is 5.67. The predicted octanol–water partition coefficient (Wildman–Crippen LogP) is 0.818. The fraction of sp³-hybridized carbons (Fsp3) is 0.900. The Bertz CT molecular complexity index is 190. The highest BCUT2D eigenvalue weighted by atomic mass is 16.5. The van der Waals surface area contributed by atoms with Gasteiger partial charge in [0.15, 0.2) is 0 Å². The monoisotopic (exact) mass is 201 g/mol. The molecule has 82 valence electrons. The van der Waals surface area contributed by atoms with Crippen LogP contribution in [0.4, 0.5) is 0 Å². The van der Waals surface area contributed by atoms with Crippen molar-refractivity contribution in [3.8, 4) is 0 Å². The molecule has 1 N–H and O–H groups in total. The fourth-order valence-corrected chi connectivity index (χ4v) is 1.74. The van der Waals surface area contributed by atoms with Gasteiger partial charge in [-0.15, -0.1) is 0 Å². The van der Waals surface area contributed by atoms with Crippen LogP contribution in [0.25, 0.3) is 0 Å². The molecule has 1 heterocycles.